The number of carbonyl (C=O) groups excluding carboxylic acids is 2. The van der Waals surface area contributed by atoms with Crippen molar-refractivity contribution in [2.45, 2.75) is 71.3 Å². The van der Waals surface area contributed by atoms with E-state index in [1.807, 2.05) is 6.08 Å². The van der Waals surface area contributed by atoms with Gasteiger partial charge in [0, 0.05) is 18.0 Å². The first-order chi connectivity index (χ1) is 14.9. The van der Waals surface area contributed by atoms with Crippen molar-refractivity contribution in [2.24, 2.45) is 28.6 Å². The number of allylic oxidation sites excluding steroid dienone is 1. The predicted octanol–water partition coefficient (Wildman–Crippen LogP) is 5.15. The topological polar surface area (TPSA) is 65.5 Å². The quantitative estimate of drug-likeness (QED) is 0.629. The maximum Gasteiger partial charge on any atom is 0.343 e. The Morgan fingerprint density at radius 3 is 2.74 bits per heavy atom. The van der Waals surface area contributed by atoms with E-state index in [-0.39, 0.29) is 22.9 Å². The summed E-state index contributed by atoms with van der Waals surface area (Å²) >= 11 is 0. The zero-order chi connectivity index (χ0) is 21.8. The van der Waals surface area contributed by atoms with E-state index in [0.717, 1.165) is 44.9 Å². The van der Waals surface area contributed by atoms with E-state index >= 15 is 0 Å². The molecule has 4 aliphatic carbocycles. The Labute approximate surface area is 184 Å². The van der Waals surface area contributed by atoms with E-state index in [4.69, 9.17) is 9.47 Å². The monoisotopic (exact) mass is 423 g/mol. The zero-order valence-corrected chi connectivity index (χ0v) is 18.9. The van der Waals surface area contributed by atoms with Gasteiger partial charge < -0.3 is 9.47 Å². The van der Waals surface area contributed by atoms with E-state index in [0.29, 0.717) is 41.4 Å². The lowest BCUT2D eigenvalue weighted by Crippen LogP contribution is -2.51. The third-order valence-electron chi connectivity index (χ3n) is 9.31. The summed E-state index contributed by atoms with van der Waals surface area (Å²) in [5.41, 5.74) is 2.00. The van der Waals surface area contributed by atoms with Crippen molar-refractivity contribution in [1.82, 2.24) is 4.98 Å². The lowest BCUT2D eigenvalue weighted by Gasteiger charge is -2.57. The minimum atomic E-state index is -0.328. The van der Waals surface area contributed by atoms with Gasteiger partial charge in [-0.3, -0.25) is 4.79 Å². The molecule has 0 bridgehead atoms. The van der Waals surface area contributed by atoms with Crippen LogP contribution in [0.4, 0.5) is 0 Å². The Morgan fingerprint density at radius 1 is 1.10 bits per heavy atom. The van der Waals surface area contributed by atoms with E-state index < -0.39 is 0 Å². The molecule has 1 aromatic rings. The van der Waals surface area contributed by atoms with E-state index in [2.05, 4.69) is 18.8 Å². The third-order valence-corrected chi connectivity index (χ3v) is 9.31. The number of hydrogen-bond acceptors (Lipinski definition) is 5. The number of rotatable bonds is 3. The van der Waals surface area contributed by atoms with Gasteiger partial charge in [-0.1, -0.05) is 19.4 Å². The number of ketones is 1. The van der Waals surface area contributed by atoms with E-state index in [1.165, 1.54) is 12.7 Å². The fourth-order valence-electron chi connectivity index (χ4n) is 7.61. The first-order valence-corrected chi connectivity index (χ1v) is 11.8. The number of fused-ring (bicyclic) bond motifs is 5. The van der Waals surface area contributed by atoms with Gasteiger partial charge in [-0.2, -0.15) is 0 Å². The fourth-order valence-corrected chi connectivity index (χ4v) is 7.61. The molecule has 0 saturated heterocycles. The van der Waals surface area contributed by atoms with Crippen LogP contribution in [0.3, 0.4) is 0 Å². The smallest absolute Gasteiger partial charge is 0.343 e. The van der Waals surface area contributed by atoms with Crippen LogP contribution in [0, 0.1) is 28.6 Å². The highest BCUT2D eigenvalue weighted by Gasteiger charge is 2.60. The van der Waals surface area contributed by atoms with Gasteiger partial charge in [0.25, 0.3) is 0 Å². The molecule has 0 radical (unpaired) electrons. The largest absolute Gasteiger partial charge is 0.480 e. The van der Waals surface area contributed by atoms with Gasteiger partial charge in [0.1, 0.15) is 11.7 Å². The number of pyridine rings is 1. The molecule has 5 nitrogen and oxygen atoms in total. The summed E-state index contributed by atoms with van der Waals surface area (Å²) < 4.78 is 11.4. The average molecular weight is 424 g/mol. The van der Waals surface area contributed by atoms with Gasteiger partial charge >= 0.3 is 5.97 Å². The Bertz CT molecular complexity index is 939. The van der Waals surface area contributed by atoms with Crippen molar-refractivity contribution in [2.75, 3.05) is 7.11 Å². The molecule has 4 aliphatic rings. The molecule has 0 amide bonds. The van der Waals surface area contributed by atoms with Crippen molar-refractivity contribution in [3.63, 3.8) is 0 Å². The maximum absolute atomic E-state index is 13.0. The Balaban J connectivity index is 1.36. The summed E-state index contributed by atoms with van der Waals surface area (Å²) in [6.45, 7) is 4.75. The van der Waals surface area contributed by atoms with Gasteiger partial charge in [-0.25, -0.2) is 9.78 Å². The van der Waals surface area contributed by atoms with Crippen molar-refractivity contribution >= 4 is 11.8 Å². The predicted molar refractivity (Wildman–Crippen MR) is 117 cm³/mol. The number of aromatic nitrogens is 1. The third kappa shape index (κ3) is 3.15. The van der Waals surface area contributed by atoms with Gasteiger partial charge in [0.05, 0.1) is 7.11 Å². The van der Waals surface area contributed by atoms with Crippen molar-refractivity contribution in [3.05, 3.63) is 35.5 Å². The second-order valence-corrected chi connectivity index (χ2v) is 10.5. The molecule has 1 aromatic heterocycles. The van der Waals surface area contributed by atoms with Crippen molar-refractivity contribution in [3.8, 4) is 5.88 Å². The number of hydrogen-bond donors (Lipinski definition) is 0. The van der Waals surface area contributed by atoms with Gasteiger partial charge in [-0.05, 0) is 86.3 Å². The summed E-state index contributed by atoms with van der Waals surface area (Å²) in [4.78, 5) is 29.1. The highest BCUT2D eigenvalue weighted by atomic mass is 16.5. The Hall–Kier alpha value is -2.17. The van der Waals surface area contributed by atoms with Crippen LogP contribution < -0.4 is 4.74 Å². The molecule has 0 N–H and O–H groups in total. The van der Waals surface area contributed by atoms with Crippen LogP contribution in [0.15, 0.2) is 30.0 Å². The summed E-state index contributed by atoms with van der Waals surface area (Å²) in [5.74, 6) is 2.19. The molecular weight excluding hydrogens is 390 g/mol. The number of esters is 1. The molecule has 5 heteroatoms. The maximum atomic E-state index is 13.0. The number of ether oxygens (including phenoxy) is 2. The van der Waals surface area contributed by atoms with Crippen molar-refractivity contribution in [1.29, 1.82) is 0 Å². The number of methoxy groups -OCH3 is 1. The van der Waals surface area contributed by atoms with Gasteiger partial charge in [0.15, 0.2) is 5.78 Å². The lowest BCUT2D eigenvalue weighted by molar-refractivity contribution is -0.118. The normalized spacial score (nSPS) is 39.1. The summed E-state index contributed by atoms with van der Waals surface area (Å²) in [6, 6.07) is 3.46. The minimum absolute atomic E-state index is 0.0222. The van der Waals surface area contributed by atoms with E-state index in [1.54, 1.807) is 18.3 Å². The molecule has 31 heavy (non-hydrogen) atoms. The molecule has 1 heterocycles. The minimum Gasteiger partial charge on any atom is -0.480 e. The van der Waals surface area contributed by atoms with Crippen LogP contribution in [0.2, 0.25) is 0 Å². The van der Waals surface area contributed by atoms with Crippen LogP contribution in [-0.4, -0.2) is 30.0 Å². The number of carbonyl (C=O) groups is 2. The SMILES string of the molecule is COc1ncccc1C(=O)O[C@H]1CC[C@H]2[C@@H]3CCC4=CC(=O)CC[C@]4(C)[C@H]3CC[C@]12C. The first-order valence-electron chi connectivity index (χ1n) is 11.8. The molecule has 0 unspecified atom stereocenters. The van der Waals surface area contributed by atoms with Gasteiger partial charge in [-0.15, -0.1) is 0 Å². The Kier molecular flexibility index (Phi) is 4.98. The van der Waals surface area contributed by atoms with Crippen LogP contribution in [-0.2, 0) is 9.53 Å². The standard InChI is InChI=1S/C26H33NO4/c1-25-12-10-17(28)15-16(25)6-7-18-20-8-9-22(26(20,2)13-11-21(18)25)31-24(29)19-5-4-14-27-23(19)30-3/h4-5,14-15,18,20-22H,6-13H2,1-3H3/t18-,20-,21-,22-,25-,26-/m0/s1. The molecule has 166 valence electrons. The van der Waals surface area contributed by atoms with Crippen LogP contribution in [0.1, 0.15) is 75.6 Å². The number of nitrogens with zero attached hydrogens (tertiary/aromatic N) is 1. The second kappa shape index (κ2) is 7.46. The summed E-state index contributed by atoms with van der Waals surface area (Å²) in [6.07, 6.45) is 11.7. The van der Waals surface area contributed by atoms with Crippen LogP contribution in [0.5, 0.6) is 5.88 Å². The van der Waals surface area contributed by atoms with Crippen LogP contribution >= 0.6 is 0 Å². The summed E-state index contributed by atoms with van der Waals surface area (Å²) in [5, 5.41) is 0. The van der Waals surface area contributed by atoms with E-state index in [9.17, 15) is 9.59 Å². The summed E-state index contributed by atoms with van der Waals surface area (Å²) in [7, 11) is 1.53. The molecule has 3 saturated carbocycles. The highest BCUT2D eigenvalue weighted by Crippen LogP contribution is 2.65. The molecular formula is C26H33NO4. The van der Waals surface area contributed by atoms with Crippen molar-refractivity contribution < 1.29 is 19.1 Å². The fraction of sp³-hybridized carbons (Fsp3) is 0.654. The lowest BCUT2D eigenvalue weighted by atomic mass is 9.47. The molecule has 0 aliphatic heterocycles. The Morgan fingerprint density at radius 2 is 1.94 bits per heavy atom. The van der Waals surface area contributed by atoms with Crippen LogP contribution in [0.25, 0.3) is 0 Å². The molecule has 3 fully saturated rings. The van der Waals surface area contributed by atoms with Gasteiger partial charge in [0.2, 0.25) is 5.88 Å². The second-order valence-electron chi connectivity index (χ2n) is 10.5. The average Bonchev–Trinajstić information content (AvgIpc) is 3.10. The molecule has 0 spiro atoms. The molecule has 6 atom stereocenters. The first kappa shape index (κ1) is 20.7. The molecule has 0 aromatic carbocycles. The molecule has 5 rings (SSSR count). The highest BCUT2D eigenvalue weighted by molar-refractivity contribution is 5.92. The zero-order valence-electron chi connectivity index (χ0n) is 18.9.